The summed E-state index contributed by atoms with van der Waals surface area (Å²) in [6.45, 7) is 5.66. The van der Waals surface area contributed by atoms with E-state index in [1.807, 2.05) is 11.9 Å². The zero-order chi connectivity index (χ0) is 27.9. The molecule has 1 saturated carbocycles. The highest BCUT2D eigenvalue weighted by Gasteiger charge is 2.27. The molecule has 1 aliphatic heterocycles. The van der Waals surface area contributed by atoms with Gasteiger partial charge in [-0.05, 0) is 86.5 Å². The number of benzene rings is 1. The maximum Gasteiger partial charge on any atom is 0.290 e. The molecule has 39 heavy (non-hydrogen) atoms. The lowest BCUT2D eigenvalue weighted by Crippen LogP contribution is -2.42. The van der Waals surface area contributed by atoms with Gasteiger partial charge in [0.15, 0.2) is 0 Å². The Labute approximate surface area is 230 Å². The van der Waals surface area contributed by atoms with Crippen LogP contribution in [0.25, 0.3) is 11.6 Å². The minimum absolute atomic E-state index is 0.0707. The monoisotopic (exact) mass is 552 g/mol. The highest BCUT2D eigenvalue weighted by Crippen LogP contribution is 2.30. The van der Waals surface area contributed by atoms with Crippen molar-refractivity contribution in [2.45, 2.75) is 44.7 Å². The lowest BCUT2D eigenvalue weighted by atomic mass is 9.90. The normalized spacial score (nSPS) is 21.3. The van der Waals surface area contributed by atoms with E-state index in [1.165, 1.54) is 24.4 Å². The van der Waals surface area contributed by atoms with Crippen molar-refractivity contribution in [2.75, 3.05) is 18.5 Å². The molecule has 2 heterocycles. The predicted molar refractivity (Wildman–Crippen MR) is 151 cm³/mol. The number of allylic oxidation sites excluding steroid dienone is 1. The van der Waals surface area contributed by atoms with Crippen LogP contribution < -0.4 is 15.5 Å². The van der Waals surface area contributed by atoms with Gasteiger partial charge in [-0.3, -0.25) is 19.9 Å². The Balaban J connectivity index is 1.36. The molecule has 1 aromatic carbocycles. The topological polar surface area (TPSA) is 99.6 Å². The van der Waals surface area contributed by atoms with Crippen LogP contribution in [0.1, 0.15) is 43.9 Å². The number of aliphatic imine (C=N–C) groups is 1. The minimum Gasteiger partial charge on any atom is -0.341 e. The number of aromatic nitrogens is 2. The first-order valence-electron chi connectivity index (χ1n) is 12.6. The first-order chi connectivity index (χ1) is 18.8. The molecule has 0 unspecified atom stereocenters. The summed E-state index contributed by atoms with van der Waals surface area (Å²) < 4.78 is 29.0. The van der Waals surface area contributed by atoms with Crippen LogP contribution in [0.3, 0.4) is 0 Å². The Bertz CT molecular complexity index is 1330. The molecular weight excluding hydrogens is 522 g/mol. The molecule has 2 aromatic rings. The fourth-order valence-corrected chi connectivity index (χ4v) is 5.49. The second kappa shape index (κ2) is 12.9. The molecule has 2 amide bonds. The van der Waals surface area contributed by atoms with E-state index in [1.54, 1.807) is 31.3 Å². The molecule has 1 aliphatic carbocycles. The molecule has 0 radical (unpaired) electrons. The first-order valence-corrected chi connectivity index (χ1v) is 13.4. The number of halogens is 2. The van der Waals surface area contributed by atoms with Gasteiger partial charge in [-0.15, -0.1) is 0 Å². The molecule has 2 fully saturated rings. The Morgan fingerprint density at radius 1 is 1.23 bits per heavy atom. The van der Waals surface area contributed by atoms with Crippen molar-refractivity contribution in [3.63, 3.8) is 0 Å². The average Bonchev–Trinajstić information content (AvgIpc) is 3.25. The van der Waals surface area contributed by atoms with Gasteiger partial charge in [-0.2, -0.15) is 0 Å². The Kier molecular flexibility index (Phi) is 9.36. The number of thioether (sulfide) groups is 1. The van der Waals surface area contributed by atoms with E-state index in [-0.39, 0.29) is 17.6 Å². The van der Waals surface area contributed by atoms with Crippen LogP contribution >= 0.6 is 11.8 Å². The molecule has 0 atom stereocenters. The lowest BCUT2D eigenvalue weighted by Gasteiger charge is -2.35. The maximum atomic E-state index is 14.5. The van der Waals surface area contributed by atoms with Gasteiger partial charge in [0, 0.05) is 38.1 Å². The SMILES string of the molecule is C=N/C=C(CNC1CCC(N(C)c2nccc(/C=C3\SC(=O)NC3=O)n2)CC1)\C(=C/C)c1c(F)cccc1F. The molecule has 2 aliphatic rings. The molecule has 2 N–H and O–H groups in total. The van der Waals surface area contributed by atoms with Crippen molar-refractivity contribution < 1.29 is 18.4 Å². The second-order valence-corrected chi connectivity index (χ2v) is 10.3. The Hall–Kier alpha value is -3.70. The molecule has 11 heteroatoms. The zero-order valence-corrected chi connectivity index (χ0v) is 22.6. The van der Waals surface area contributed by atoms with Crippen molar-refractivity contribution in [2.24, 2.45) is 4.99 Å². The number of imide groups is 1. The van der Waals surface area contributed by atoms with Crippen molar-refractivity contribution in [1.82, 2.24) is 20.6 Å². The van der Waals surface area contributed by atoms with Gasteiger partial charge < -0.3 is 10.2 Å². The van der Waals surface area contributed by atoms with E-state index in [0.29, 0.717) is 34.2 Å². The number of nitrogens with zero attached hydrogens (tertiary/aromatic N) is 4. The number of hydrogen-bond donors (Lipinski definition) is 2. The van der Waals surface area contributed by atoms with Crippen LogP contribution in [0.4, 0.5) is 19.5 Å². The third-order valence-corrected chi connectivity index (χ3v) is 7.65. The van der Waals surface area contributed by atoms with Crippen molar-refractivity contribution >= 4 is 47.2 Å². The van der Waals surface area contributed by atoms with Crippen LogP contribution in [-0.2, 0) is 4.79 Å². The number of hydrogen-bond acceptors (Lipinski definition) is 8. The molecule has 8 nitrogen and oxygen atoms in total. The van der Waals surface area contributed by atoms with Crippen LogP contribution in [0, 0.1) is 11.6 Å². The van der Waals surface area contributed by atoms with Gasteiger partial charge in [0.25, 0.3) is 11.1 Å². The molecule has 1 saturated heterocycles. The number of rotatable bonds is 9. The quantitative estimate of drug-likeness (QED) is 0.254. The highest BCUT2D eigenvalue weighted by atomic mass is 32.2. The van der Waals surface area contributed by atoms with Crippen molar-refractivity contribution in [3.8, 4) is 0 Å². The number of carbonyl (C=O) groups excluding carboxylic acids is 2. The summed E-state index contributed by atoms with van der Waals surface area (Å²) in [4.78, 5) is 38.4. The summed E-state index contributed by atoms with van der Waals surface area (Å²) in [5, 5.41) is 5.36. The second-order valence-electron chi connectivity index (χ2n) is 9.27. The summed E-state index contributed by atoms with van der Waals surface area (Å²) in [5.74, 6) is -1.13. The fraction of sp³-hybridized carbons (Fsp3) is 0.321. The average molecular weight is 553 g/mol. The van der Waals surface area contributed by atoms with Crippen molar-refractivity contribution in [1.29, 1.82) is 0 Å². The van der Waals surface area contributed by atoms with Crippen LogP contribution in [-0.4, -0.2) is 53.5 Å². The summed E-state index contributed by atoms with van der Waals surface area (Å²) in [6, 6.07) is 5.97. The molecule has 204 valence electrons. The van der Waals surface area contributed by atoms with Crippen LogP contribution in [0.5, 0.6) is 0 Å². The van der Waals surface area contributed by atoms with E-state index in [0.717, 1.165) is 37.4 Å². The van der Waals surface area contributed by atoms with E-state index in [2.05, 4.69) is 32.3 Å². The van der Waals surface area contributed by atoms with Gasteiger partial charge in [0.05, 0.1) is 16.2 Å². The molecule has 4 rings (SSSR count). The smallest absolute Gasteiger partial charge is 0.290 e. The number of nitrogens with one attached hydrogen (secondary N) is 2. The highest BCUT2D eigenvalue weighted by molar-refractivity contribution is 8.18. The standard InChI is InChI=1S/C28H30F2N6O2S/c1-4-21(25-22(29)6-5-7-23(25)30)17(15-31-2)16-33-18-8-10-20(11-9-18)36(3)27-32-13-12-19(34-27)14-24-26(37)35-28(38)39-24/h4-7,12-15,18,20,33H,2,8-11,16H2,1,3H3,(H,35,37,38)/b17-15-,21-4+,24-14-. The lowest BCUT2D eigenvalue weighted by molar-refractivity contribution is -0.115. The van der Waals surface area contributed by atoms with Gasteiger partial charge in [0.2, 0.25) is 5.95 Å². The van der Waals surface area contributed by atoms with E-state index in [4.69, 9.17) is 0 Å². The number of amides is 2. The summed E-state index contributed by atoms with van der Waals surface area (Å²) in [6.07, 6.45) is 10.0. The summed E-state index contributed by atoms with van der Waals surface area (Å²) in [5.41, 5.74) is 1.59. The fourth-order valence-electron chi connectivity index (χ4n) is 4.82. The predicted octanol–water partition coefficient (Wildman–Crippen LogP) is 5.10. The summed E-state index contributed by atoms with van der Waals surface area (Å²) in [7, 11) is 1.95. The summed E-state index contributed by atoms with van der Waals surface area (Å²) >= 11 is 0.850. The van der Waals surface area contributed by atoms with Gasteiger partial charge >= 0.3 is 0 Å². The van der Waals surface area contributed by atoms with Crippen molar-refractivity contribution in [3.05, 3.63) is 76.1 Å². The zero-order valence-electron chi connectivity index (χ0n) is 21.8. The number of anilines is 1. The molecule has 0 bridgehead atoms. The molecular formula is C28H30F2N6O2S. The first kappa shape index (κ1) is 28.3. The van der Waals surface area contributed by atoms with E-state index in [9.17, 15) is 18.4 Å². The van der Waals surface area contributed by atoms with E-state index >= 15 is 0 Å². The Morgan fingerprint density at radius 2 is 1.95 bits per heavy atom. The van der Waals surface area contributed by atoms with E-state index < -0.39 is 22.8 Å². The third-order valence-electron chi connectivity index (χ3n) is 6.84. The Morgan fingerprint density at radius 3 is 2.56 bits per heavy atom. The van der Waals surface area contributed by atoms with Gasteiger partial charge in [-0.1, -0.05) is 12.1 Å². The minimum atomic E-state index is -0.622. The largest absolute Gasteiger partial charge is 0.341 e. The van der Waals surface area contributed by atoms with Gasteiger partial charge in [-0.25, -0.2) is 18.7 Å². The van der Waals surface area contributed by atoms with Gasteiger partial charge in [0.1, 0.15) is 11.6 Å². The molecule has 1 aromatic heterocycles. The molecule has 0 spiro atoms. The third kappa shape index (κ3) is 6.85. The van der Waals surface area contributed by atoms with Crippen LogP contribution in [0.15, 0.2) is 58.2 Å². The maximum absolute atomic E-state index is 14.5. The van der Waals surface area contributed by atoms with Crippen LogP contribution in [0.2, 0.25) is 0 Å². The number of carbonyl (C=O) groups is 2.